The highest BCUT2D eigenvalue weighted by Crippen LogP contribution is 2.32. The third kappa shape index (κ3) is 3.80. The third-order valence-corrected chi connectivity index (χ3v) is 4.71. The van der Waals surface area contributed by atoms with Gasteiger partial charge in [0.25, 0.3) is 5.91 Å². The van der Waals surface area contributed by atoms with E-state index in [0.717, 1.165) is 18.7 Å². The Kier molecular flexibility index (Phi) is 5.20. The van der Waals surface area contributed by atoms with E-state index in [4.69, 9.17) is 4.74 Å². The highest BCUT2D eigenvalue weighted by molar-refractivity contribution is 6.07. The fourth-order valence-electron chi connectivity index (χ4n) is 3.32. The van der Waals surface area contributed by atoms with Crippen LogP contribution in [0.2, 0.25) is 0 Å². The molecule has 0 fully saturated rings. The van der Waals surface area contributed by atoms with E-state index in [-0.39, 0.29) is 12.3 Å². The van der Waals surface area contributed by atoms with Gasteiger partial charge in [0.15, 0.2) is 5.82 Å². The molecule has 0 saturated carbocycles. The number of rotatable bonds is 5. The molecule has 1 aliphatic rings. The maximum absolute atomic E-state index is 12.6. The van der Waals surface area contributed by atoms with Crippen molar-refractivity contribution in [2.75, 3.05) is 23.4 Å². The minimum atomic E-state index is -0.488. The summed E-state index contributed by atoms with van der Waals surface area (Å²) in [5, 5.41) is 2.71. The predicted octanol–water partition coefficient (Wildman–Crippen LogP) is 3.60. The summed E-state index contributed by atoms with van der Waals surface area (Å²) < 4.78 is 5.03. The van der Waals surface area contributed by atoms with Gasteiger partial charge in [0.05, 0.1) is 30.3 Å². The molecule has 0 aliphatic carbocycles. The first-order valence-corrected chi connectivity index (χ1v) is 9.42. The quantitative estimate of drug-likeness (QED) is 0.673. The van der Waals surface area contributed by atoms with Crippen LogP contribution in [0.1, 0.15) is 33.3 Å². The molecular formula is C22H20N4O3. The Morgan fingerprint density at radius 2 is 1.86 bits per heavy atom. The molecule has 1 aromatic heterocycles. The zero-order chi connectivity index (χ0) is 20.2. The summed E-state index contributed by atoms with van der Waals surface area (Å²) in [5.74, 6) is -0.237. The lowest BCUT2D eigenvalue weighted by Gasteiger charge is -2.18. The van der Waals surface area contributed by atoms with E-state index in [2.05, 4.69) is 32.3 Å². The lowest BCUT2D eigenvalue weighted by Crippen LogP contribution is -2.19. The highest BCUT2D eigenvalue weighted by Gasteiger charge is 2.22. The summed E-state index contributed by atoms with van der Waals surface area (Å²) in [5.41, 5.74) is 3.21. The van der Waals surface area contributed by atoms with Crippen LogP contribution < -0.4 is 10.2 Å². The highest BCUT2D eigenvalue weighted by atomic mass is 16.5. The van der Waals surface area contributed by atoms with E-state index in [1.165, 1.54) is 11.8 Å². The molecule has 0 bridgehead atoms. The molecule has 2 aromatic carbocycles. The molecule has 7 heteroatoms. The molecule has 1 aliphatic heterocycles. The van der Waals surface area contributed by atoms with Gasteiger partial charge in [-0.05, 0) is 37.1 Å². The fourth-order valence-corrected chi connectivity index (χ4v) is 3.32. The maximum atomic E-state index is 12.6. The summed E-state index contributed by atoms with van der Waals surface area (Å²) in [6.07, 6.45) is 3.98. The van der Waals surface area contributed by atoms with Crippen LogP contribution in [0.5, 0.6) is 0 Å². The van der Waals surface area contributed by atoms with E-state index >= 15 is 0 Å². The number of fused-ring (bicyclic) bond motifs is 1. The Balaban J connectivity index is 1.51. The molecular weight excluding hydrogens is 368 g/mol. The molecule has 3 aromatic rings. The molecule has 1 N–H and O–H groups in total. The summed E-state index contributed by atoms with van der Waals surface area (Å²) >= 11 is 0. The number of carbonyl (C=O) groups excluding carboxylic acids is 2. The van der Waals surface area contributed by atoms with Crippen molar-refractivity contribution in [2.24, 2.45) is 0 Å². The van der Waals surface area contributed by atoms with Crippen molar-refractivity contribution in [2.45, 2.75) is 13.3 Å². The molecule has 7 nitrogen and oxygen atoms in total. The summed E-state index contributed by atoms with van der Waals surface area (Å²) in [4.78, 5) is 35.4. The van der Waals surface area contributed by atoms with Crippen LogP contribution >= 0.6 is 0 Å². The third-order valence-electron chi connectivity index (χ3n) is 4.71. The molecule has 29 heavy (non-hydrogen) atoms. The fraction of sp³-hybridized carbons (Fsp3) is 0.182. The van der Waals surface area contributed by atoms with Crippen molar-refractivity contribution in [3.8, 4) is 0 Å². The van der Waals surface area contributed by atoms with Gasteiger partial charge in [-0.1, -0.05) is 30.3 Å². The van der Waals surface area contributed by atoms with Crippen LogP contribution in [0, 0.1) is 0 Å². The van der Waals surface area contributed by atoms with Gasteiger partial charge in [-0.3, -0.25) is 4.79 Å². The van der Waals surface area contributed by atoms with Crippen molar-refractivity contribution in [3.05, 3.63) is 77.7 Å². The number of benzene rings is 2. The van der Waals surface area contributed by atoms with Gasteiger partial charge < -0.3 is 15.0 Å². The van der Waals surface area contributed by atoms with Crippen LogP contribution in [-0.2, 0) is 11.2 Å². The van der Waals surface area contributed by atoms with Crippen molar-refractivity contribution < 1.29 is 14.3 Å². The van der Waals surface area contributed by atoms with Crippen LogP contribution in [0.4, 0.5) is 17.2 Å². The number of hydrogen-bond acceptors (Lipinski definition) is 6. The second-order valence-electron chi connectivity index (χ2n) is 6.51. The Hall–Kier alpha value is -3.74. The number of nitrogens with zero attached hydrogens (tertiary/aromatic N) is 3. The van der Waals surface area contributed by atoms with Gasteiger partial charge in [-0.2, -0.15) is 0 Å². The average molecular weight is 388 g/mol. The monoisotopic (exact) mass is 388 g/mol. The Bertz CT molecular complexity index is 1050. The second-order valence-corrected chi connectivity index (χ2v) is 6.51. The van der Waals surface area contributed by atoms with E-state index in [1.54, 1.807) is 37.4 Å². The lowest BCUT2D eigenvalue weighted by atomic mass is 10.1. The molecule has 2 heterocycles. The zero-order valence-electron chi connectivity index (χ0n) is 16.0. The number of nitrogens with one attached hydrogen (secondary N) is 1. The van der Waals surface area contributed by atoms with Gasteiger partial charge >= 0.3 is 5.97 Å². The number of esters is 1. The number of carbonyl (C=O) groups is 2. The van der Waals surface area contributed by atoms with Crippen molar-refractivity contribution in [1.29, 1.82) is 0 Å². The molecule has 4 rings (SSSR count). The van der Waals surface area contributed by atoms with Gasteiger partial charge in [-0.15, -0.1) is 0 Å². The summed E-state index contributed by atoms with van der Waals surface area (Å²) in [7, 11) is 0. The molecule has 1 amide bonds. The van der Waals surface area contributed by atoms with Crippen LogP contribution in [0.3, 0.4) is 0 Å². The molecule has 0 saturated heterocycles. The number of ether oxygens (including phenoxy) is 1. The number of para-hydroxylation sites is 2. The van der Waals surface area contributed by atoms with E-state index in [9.17, 15) is 9.59 Å². The van der Waals surface area contributed by atoms with Gasteiger partial charge in [-0.25, -0.2) is 14.8 Å². The number of amides is 1. The maximum Gasteiger partial charge on any atom is 0.340 e. The van der Waals surface area contributed by atoms with E-state index < -0.39 is 11.9 Å². The van der Waals surface area contributed by atoms with Crippen LogP contribution in [0.25, 0.3) is 0 Å². The Morgan fingerprint density at radius 1 is 1.07 bits per heavy atom. The van der Waals surface area contributed by atoms with Crippen molar-refractivity contribution >= 4 is 29.1 Å². The number of aromatic nitrogens is 2. The smallest absolute Gasteiger partial charge is 0.340 e. The first kappa shape index (κ1) is 18.6. The largest absolute Gasteiger partial charge is 0.462 e. The minimum Gasteiger partial charge on any atom is -0.462 e. The van der Waals surface area contributed by atoms with Gasteiger partial charge in [0.2, 0.25) is 0 Å². The first-order chi connectivity index (χ1) is 14.2. The summed E-state index contributed by atoms with van der Waals surface area (Å²) in [6, 6.07) is 14.9. The van der Waals surface area contributed by atoms with Gasteiger partial charge in [0, 0.05) is 12.2 Å². The minimum absolute atomic E-state index is 0.167. The molecule has 0 atom stereocenters. The number of anilines is 3. The van der Waals surface area contributed by atoms with Crippen molar-refractivity contribution in [1.82, 2.24) is 9.97 Å². The summed E-state index contributed by atoms with van der Waals surface area (Å²) in [6.45, 7) is 2.81. The average Bonchev–Trinajstić information content (AvgIpc) is 3.18. The first-order valence-electron chi connectivity index (χ1n) is 9.42. The van der Waals surface area contributed by atoms with Crippen LogP contribution in [-0.4, -0.2) is 35.0 Å². The number of hydrogen-bond donors (Lipinski definition) is 1. The Morgan fingerprint density at radius 3 is 2.66 bits per heavy atom. The topological polar surface area (TPSA) is 84.4 Å². The normalized spacial score (nSPS) is 12.4. The van der Waals surface area contributed by atoms with Crippen LogP contribution in [0.15, 0.2) is 60.9 Å². The molecule has 0 unspecified atom stereocenters. The second kappa shape index (κ2) is 8.10. The van der Waals surface area contributed by atoms with E-state index in [1.807, 2.05) is 12.1 Å². The van der Waals surface area contributed by atoms with Crippen molar-refractivity contribution in [3.63, 3.8) is 0 Å². The Labute approximate surface area is 168 Å². The van der Waals surface area contributed by atoms with Gasteiger partial charge in [0.1, 0.15) is 5.69 Å². The molecule has 0 spiro atoms. The predicted molar refractivity (Wildman–Crippen MR) is 110 cm³/mol. The molecule has 0 radical (unpaired) electrons. The molecule has 146 valence electrons. The SMILES string of the molecule is CCOC(=O)c1ccccc1NC(=O)c1cnc(N2CCc3ccccc32)cn1. The van der Waals surface area contributed by atoms with E-state index in [0.29, 0.717) is 17.1 Å². The lowest BCUT2D eigenvalue weighted by molar-refractivity contribution is 0.0527. The zero-order valence-corrected chi connectivity index (χ0v) is 16.0. The standard InChI is InChI=1S/C22H20N4O3/c1-2-29-22(28)16-8-4-5-9-17(16)25-21(27)18-13-24-20(14-23-18)26-12-11-15-7-3-6-10-19(15)26/h3-10,13-14H,2,11-12H2,1H3,(H,25,27).